The molecule has 3 aromatic rings. The van der Waals surface area contributed by atoms with Crippen LogP contribution in [0, 0.1) is 0 Å². The number of rotatable bonds is 8. The fourth-order valence-corrected chi connectivity index (χ4v) is 6.55. The number of fused-ring (bicyclic) bond motifs is 3. The standard InChI is InChI=1S/C27H34N4O5S/c1-28(13-14-29-15-17-36-18-16-29)27(32)20-31-25-6-4-3-5-23(25)24-11-12-30(19-26(24)31)37(33,34)22-9-7-21(35-2)8-10-22/h3-10H,11-20H2,1-2H3. The molecule has 0 N–H and O–H groups in total. The SMILES string of the molecule is COc1ccc(S(=O)(=O)N2CCc3c(n(CC(=O)N(C)CCN4CCOCC4)c4ccccc34)C2)cc1. The van der Waals surface area contributed by atoms with Crippen LogP contribution in [0.25, 0.3) is 10.9 Å². The molecule has 1 amide bonds. The van der Waals surface area contributed by atoms with E-state index in [1.807, 2.05) is 29.8 Å². The third-order valence-corrected chi connectivity index (χ3v) is 9.26. The summed E-state index contributed by atoms with van der Waals surface area (Å²) in [7, 11) is -0.310. The highest BCUT2D eigenvalue weighted by atomic mass is 32.2. The van der Waals surface area contributed by atoms with Gasteiger partial charge in [0.15, 0.2) is 0 Å². The van der Waals surface area contributed by atoms with Crippen LogP contribution in [-0.4, -0.2) is 93.1 Å². The minimum Gasteiger partial charge on any atom is -0.497 e. The minimum atomic E-state index is -3.70. The van der Waals surface area contributed by atoms with Crippen LogP contribution in [-0.2, 0) is 39.1 Å². The van der Waals surface area contributed by atoms with Gasteiger partial charge in [-0.2, -0.15) is 4.31 Å². The van der Waals surface area contributed by atoms with E-state index >= 15 is 0 Å². The number of sulfonamides is 1. The first-order chi connectivity index (χ1) is 17.9. The van der Waals surface area contributed by atoms with Gasteiger partial charge in [-0.3, -0.25) is 9.69 Å². The molecule has 2 aliphatic heterocycles. The van der Waals surface area contributed by atoms with Gasteiger partial charge >= 0.3 is 0 Å². The van der Waals surface area contributed by atoms with Crippen molar-refractivity contribution in [3.05, 3.63) is 59.8 Å². The topological polar surface area (TPSA) is 84.3 Å². The summed E-state index contributed by atoms with van der Waals surface area (Å²) in [5, 5.41) is 1.09. The van der Waals surface area contributed by atoms with Crippen LogP contribution in [0.15, 0.2) is 53.4 Å². The number of nitrogens with zero attached hydrogens (tertiary/aromatic N) is 4. The third-order valence-electron chi connectivity index (χ3n) is 7.40. The van der Waals surface area contributed by atoms with Gasteiger partial charge < -0.3 is 18.9 Å². The molecule has 9 nitrogen and oxygen atoms in total. The second-order valence-electron chi connectivity index (χ2n) is 9.56. The zero-order valence-corrected chi connectivity index (χ0v) is 22.2. The average molecular weight is 527 g/mol. The number of aromatic nitrogens is 1. The molecular weight excluding hydrogens is 492 g/mol. The summed E-state index contributed by atoms with van der Waals surface area (Å²) >= 11 is 0. The van der Waals surface area contributed by atoms with Crippen LogP contribution in [0.2, 0.25) is 0 Å². The minimum absolute atomic E-state index is 0.00643. The van der Waals surface area contributed by atoms with Gasteiger partial charge in [0.1, 0.15) is 12.3 Å². The van der Waals surface area contributed by atoms with E-state index in [1.165, 1.54) is 4.31 Å². The fourth-order valence-electron chi connectivity index (χ4n) is 5.15. The summed E-state index contributed by atoms with van der Waals surface area (Å²) in [6.45, 7) is 5.47. The Labute approximate surface area is 218 Å². The van der Waals surface area contributed by atoms with E-state index in [9.17, 15) is 13.2 Å². The first-order valence-electron chi connectivity index (χ1n) is 12.7. The van der Waals surface area contributed by atoms with Crippen LogP contribution >= 0.6 is 0 Å². The molecule has 10 heteroatoms. The molecule has 0 atom stereocenters. The molecule has 0 radical (unpaired) electrons. The number of likely N-dealkylation sites (N-methyl/N-ethyl adjacent to an activating group) is 1. The van der Waals surface area contributed by atoms with Crippen molar-refractivity contribution in [2.45, 2.75) is 24.4 Å². The molecule has 5 rings (SSSR count). The van der Waals surface area contributed by atoms with Gasteiger partial charge in [0.2, 0.25) is 15.9 Å². The van der Waals surface area contributed by atoms with Gasteiger partial charge in [-0.05, 0) is 42.3 Å². The number of amides is 1. The molecular formula is C27H34N4O5S. The molecule has 37 heavy (non-hydrogen) atoms. The molecule has 0 saturated carbocycles. The number of para-hydroxylation sites is 1. The smallest absolute Gasteiger partial charge is 0.243 e. The van der Waals surface area contributed by atoms with Crippen molar-refractivity contribution < 1.29 is 22.7 Å². The normalized spacial score (nSPS) is 17.0. The Hall–Kier alpha value is -2.92. The van der Waals surface area contributed by atoms with E-state index in [-0.39, 0.29) is 23.9 Å². The summed E-state index contributed by atoms with van der Waals surface area (Å²) < 4.78 is 41.1. The van der Waals surface area contributed by atoms with E-state index < -0.39 is 10.0 Å². The second-order valence-corrected chi connectivity index (χ2v) is 11.5. The Morgan fingerprint density at radius 1 is 1.05 bits per heavy atom. The molecule has 0 spiro atoms. The van der Waals surface area contributed by atoms with Gasteiger partial charge in [-0.1, -0.05) is 18.2 Å². The van der Waals surface area contributed by atoms with Crippen LogP contribution in [0.5, 0.6) is 5.75 Å². The lowest BCUT2D eigenvalue weighted by Crippen LogP contribution is -2.42. The van der Waals surface area contributed by atoms with Crippen molar-refractivity contribution in [2.75, 3.05) is 60.1 Å². The molecule has 1 fully saturated rings. The third kappa shape index (κ3) is 5.24. The maximum absolute atomic E-state index is 13.5. The molecule has 1 saturated heterocycles. The second kappa shape index (κ2) is 10.8. The Morgan fingerprint density at radius 3 is 2.51 bits per heavy atom. The van der Waals surface area contributed by atoms with E-state index in [4.69, 9.17) is 9.47 Å². The highest BCUT2D eigenvalue weighted by Gasteiger charge is 2.32. The van der Waals surface area contributed by atoms with Crippen molar-refractivity contribution in [3.63, 3.8) is 0 Å². The summed E-state index contributed by atoms with van der Waals surface area (Å²) in [6, 6.07) is 14.5. The lowest BCUT2D eigenvalue weighted by atomic mass is 10.0. The average Bonchev–Trinajstić information content (AvgIpc) is 3.25. The number of ether oxygens (including phenoxy) is 2. The maximum atomic E-state index is 13.5. The largest absolute Gasteiger partial charge is 0.497 e. The van der Waals surface area contributed by atoms with E-state index in [2.05, 4.69) is 11.0 Å². The molecule has 3 heterocycles. The Balaban J connectivity index is 1.38. The number of hydrogen-bond donors (Lipinski definition) is 0. The summed E-state index contributed by atoms with van der Waals surface area (Å²) in [4.78, 5) is 17.6. The van der Waals surface area contributed by atoms with Crippen molar-refractivity contribution in [1.82, 2.24) is 18.7 Å². The van der Waals surface area contributed by atoms with E-state index in [0.717, 1.165) is 55.0 Å². The number of carbonyl (C=O) groups is 1. The first-order valence-corrected chi connectivity index (χ1v) is 14.1. The van der Waals surface area contributed by atoms with Crippen LogP contribution in [0.4, 0.5) is 0 Å². The first kappa shape index (κ1) is 25.7. The molecule has 198 valence electrons. The highest BCUT2D eigenvalue weighted by Crippen LogP contribution is 2.33. The van der Waals surface area contributed by atoms with Gasteiger partial charge in [-0.15, -0.1) is 0 Å². The van der Waals surface area contributed by atoms with Gasteiger partial charge in [0.25, 0.3) is 0 Å². The fraction of sp³-hybridized carbons (Fsp3) is 0.444. The van der Waals surface area contributed by atoms with Gasteiger partial charge in [0, 0.05) is 56.4 Å². The van der Waals surface area contributed by atoms with Gasteiger partial charge in [-0.25, -0.2) is 8.42 Å². The Kier molecular flexibility index (Phi) is 7.52. The molecule has 0 aliphatic carbocycles. The number of benzene rings is 2. The number of hydrogen-bond acceptors (Lipinski definition) is 6. The van der Waals surface area contributed by atoms with Crippen molar-refractivity contribution >= 4 is 26.8 Å². The Morgan fingerprint density at radius 2 is 1.78 bits per heavy atom. The monoisotopic (exact) mass is 526 g/mol. The van der Waals surface area contributed by atoms with E-state index in [0.29, 0.717) is 25.3 Å². The zero-order chi connectivity index (χ0) is 26.0. The van der Waals surface area contributed by atoms with Crippen molar-refractivity contribution in [1.29, 1.82) is 0 Å². The quantitative estimate of drug-likeness (QED) is 0.448. The maximum Gasteiger partial charge on any atom is 0.243 e. The molecule has 1 aromatic heterocycles. The van der Waals surface area contributed by atoms with Gasteiger partial charge in [0.05, 0.1) is 31.8 Å². The number of morpholine rings is 1. The highest BCUT2D eigenvalue weighted by molar-refractivity contribution is 7.89. The number of carbonyl (C=O) groups excluding carboxylic acids is 1. The predicted molar refractivity (Wildman–Crippen MR) is 141 cm³/mol. The Bertz CT molecular complexity index is 1360. The zero-order valence-electron chi connectivity index (χ0n) is 21.4. The summed E-state index contributed by atoms with van der Waals surface area (Å²) in [6.07, 6.45) is 0.597. The van der Waals surface area contributed by atoms with Crippen molar-refractivity contribution in [3.8, 4) is 5.75 Å². The lowest BCUT2D eigenvalue weighted by molar-refractivity contribution is -0.130. The van der Waals surface area contributed by atoms with Crippen LogP contribution in [0.3, 0.4) is 0 Å². The summed E-state index contributed by atoms with van der Waals surface area (Å²) in [5.74, 6) is 0.614. The number of methoxy groups -OCH3 is 1. The lowest BCUT2D eigenvalue weighted by Gasteiger charge is -2.29. The molecule has 2 aromatic carbocycles. The van der Waals surface area contributed by atoms with Crippen LogP contribution in [0.1, 0.15) is 11.3 Å². The molecule has 2 aliphatic rings. The molecule has 0 unspecified atom stereocenters. The summed E-state index contributed by atoms with van der Waals surface area (Å²) in [5.41, 5.74) is 2.98. The van der Waals surface area contributed by atoms with Crippen molar-refractivity contribution in [2.24, 2.45) is 0 Å². The van der Waals surface area contributed by atoms with Crippen LogP contribution < -0.4 is 4.74 Å². The van der Waals surface area contributed by atoms with E-state index in [1.54, 1.807) is 36.3 Å². The molecule has 0 bridgehead atoms. The predicted octanol–water partition coefficient (Wildman–Crippen LogP) is 2.19.